The van der Waals surface area contributed by atoms with E-state index in [2.05, 4.69) is 18.7 Å². The van der Waals surface area contributed by atoms with E-state index in [0.29, 0.717) is 6.61 Å². The molecule has 0 aliphatic carbocycles. The van der Waals surface area contributed by atoms with E-state index in [1.807, 2.05) is 13.8 Å². The third-order valence-corrected chi connectivity index (χ3v) is 2.41. The summed E-state index contributed by atoms with van der Waals surface area (Å²) in [7, 11) is 0. The summed E-state index contributed by atoms with van der Waals surface area (Å²) < 4.78 is 4.94. The van der Waals surface area contributed by atoms with Crippen LogP contribution >= 0.6 is 0 Å². The summed E-state index contributed by atoms with van der Waals surface area (Å²) in [6.07, 6.45) is 3.07. The molecule has 1 saturated heterocycles. The van der Waals surface area contributed by atoms with Gasteiger partial charge < -0.3 is 14.7 Å². The van der Waals surface area contributed by atoms with Crippen LogP contribution in [0.5, 0.6) is 0 Å². The fourth-order valence-electron chi connectivity index (χ4n) is 1.55. The summed E-state index contributed by atoms with van der Waals surface area (Å²) in [6.45, 7) is 11.7. The monoisotopic (exact) mass is 217 g/mol. The standard InChI is InChI=1S/C7H15N.C5H12O2/c1-7(2)8-5-3-4-6-8;1-5(2)7-4-3-6/h7H,3-6H2,1-2H3;5-6H,3-4H2,1-2H3. The maximum Gasteiger partial charge on any atom is 0.0701 e. The molecule has 92 valence electrons. The first-order chi connectivity index (χ1) is 7.07. The van der Waals surface area contributed by atoms with Crippen LogP contribution < -0.4 is 0 Å². The van der Waals surface area contributed by atoms with Crippen LogP contribution in [0.4, 0.5) is 0 Å². The number of aliphatic hydroxyl groups excluding tert-OH is 1. The van der Waals surface area contributed by atoms with E-state index in [1.54, 1.807) is 0 Å². The normalized spacial score (nSPS) is 17.0. The van der Waals surface area contributed by atoms with Crippen LogP contribution in [0.15, 0.2) is 0 Å². The molecule has 15 heavy (non-hydrogen) atoms. The van der Waals surface area contributed by atoms with Crippen LogP contribution in [0.2, 0.25) is 0 Å². The van der Waals surface area contributed by atoms with Gasteiger partial charge in [-0.2, -0.15) is 0 Å². The lowest BCUT2D eigenvalue weighted by molar-refractivity contribution is 0.0494. The first-order valence-electron chi connectivity index (χ1n) is 6.04. The highest BCUT2D eigenvalue weighted by Crippen LogP contribution is 2.09. The maximum atomic E-state index is 8.19. The predicted octanol–water partition coefficient (Wildman–Crippen LogP) is 1.89. The first-order valence-corrected chi connectivity index (χ1v) is 6.04. The van der Waals surface area contributed by atoms with Crippen molar-refractivity contribution in [3.63, 3.8) is 0 Å². The Morgan fingerprint density at radius 1 is 1.13 bits per heavy atom. The van der Waals surface area contributed by atoms with Gasteiger partial charge in [-0.05, 0) is 53.6 Å². The molecule has 0 aromatic rings. The molecule has 0 bridgehead atoms. The van der Waals surface area contributed by atoms with Crippen LogP contribution in [-0.4, -0.2) is 48.5 Å². The number of aliphatic hydroxyl groups is 1. The van der Waals surface area contributed by atoms with Crippen molar-refractivity contribution in [2.24, 2.45) is 0 Å². The van der Waals surface area contributed by atoms with Gasteiger partial charge in [-0.1, -0.05) is 0 Å². The molecule has 1 rings (SSSR count). The molecule has 1 aliphatic rings. The molecule has 0 amide bonds. The van der Waals surface area contributed by atoms with Gasteiger partial charge >= 0.3 is 0 Å². The highest BCUT2D eigenvalue weighted by molar-refractivity contribution is 4.68. The fourth-order valence-corrected chi connectivity index (χ4v) is 1.55. The highest BCUT2D eigenvalue weighted by atomic mass is 16.5. The van der Waals surface area contributed by atoms with Crippen molar-refractivity contribution in [3.8, 4) is 0 Å². The van der Waals surface area contributed by atoms with Crippen molar-refractivity contribution in [2.75, 3.05) is 26.3 Å². The molecule has 1 fully saturated rings. The van der Waals surface area contributed by atoms with E-state index in [1.165, 1.54) is 25.9 Å². The lowest BCUT2D eigenvalue weighted by Crippen LogP contribution is -2.26. The van der Waals surface area contributed by atoms with Gasteiger partial charge in [0, 0.05) is 6.04 Å². The number of rotatable bonds is 4. The fraction of sp³-hybridized carbons (Fsp3) is 1.00. The smallest absolute Gasteiger partial charge is 0.0701 e. The van der Waals surface area contributed by atoms with Crippen LogP contribution in [0, 0.1) is 0 Å². The average Bonchev–Trinajstić information content (AvgIpc) is 2.68. The SMILES string of the molecule is CC(C)N1CCCC1.CC(C)OCCO. The Morgan fingerprint density at radius 2 is 1.67 bits per heavy atom. The van der Waals surface area contributed by atoms with Gasteiger partial charge in [0.2, 0.25) is 0 Å². The molecular weight excluding hydrogens is 190 g/mol. The number of ether oxygens (including phenoxy) is 1. The lowest BCUT2D eigenvalue weighted by atomic mass is 10.3. The molecule has 1 heterocycles. The number of likely N-dealkylation sites (tertiary alicyclic amines) is 1. The van der Waals surface area contributed by atoms with Crippen LogP contribution in [0.25, 0.3) is 0 Å². The summed E-state index contributed by atoms with van der Waals surface area (Å²) in [6, 6.07) is 0.775. The molecule has 0 aromatic heterocycles. The summed E-state index contributed by atoms with van der Waals surface area (Å²) in [5.41, 5.74) is 0. The summed E-state index contributed by atoms with van der Waals surface area (Å²) in [4.78, 5) is 2.53. The zero-order chi connectivity index (χ0) is 11.7. The van der Waals surface area contributed by atoms with Crippen molar-refractivity contribution in [2.45, 2.75) is 52.7 Å². The molecule has 0 aromatic carbocycles. The Hall–Kier alpha value is -0.120. The molecular formula is C12H27NO2. The molecule has 3 heteroatoms. The molecule has 0 atom stereocenters. The summed E-state index contributed by atoms with van der Waals surface area (Å²) in [5.74, 6) is 0. The summed E-state index contributed by atoms with van der Waals surface area (Å²) >= 11 is 0. The quantitative estimate of drug-likeness (QED) is 0.780. The number of hydrogen-bond donors (Lipinski definition) is 1. The number of hydrogen-bond acceptors (Lipinski definition) is 3. The van der Waals surface area contributed by atoms with Gasteiger partial charge in [0.05, 0.1) is 19.3 Å². The molecule has 0 radical (unpaired) electrons. The zero-order valence-electron chi connectivity index (χ0n) is 10.7. The lowest BCUT2D eigenvalue weighted by Gasteiger charge is -2.18. The van der Waals surface area contributed by atoms with Gasteiger partial charge in [-0.3, -0.25) is 0 Å². The first kappa shape index (κ1) is 14.9. The Kier molecular flexibility index (Phi) is 9.06. The predicted molar refractivity (Wildman–Crippen MR) is 64.1 cm³/mol. The maximum absolute atomic E-state index is 8.19. The minimum Gasteiger partial charge on any atom is -0.394 e. The van der Waals surface area contributed by atoms with Crippen molar-refractivity contribution in [3.05, 3.63) is 0 Å². The van der Waals surface area contributed by atoms with Gasteiger partial charge in [-0.15, -0.1) is 0 Å². The molecule has 3 nitrogen and oxygen atoms in total. The second-order valence-electron chi connectivity index (χ2n) is 4.48. The molecule has 0 unspecified atom stereocenters. The molecule has 1 N–H and O–H groups in total. The number of nitrogens with zero attached hydrogens (tertiary/aromatic N) is 1. The molecule has 0 spiro atoms. The van der Waals surface area contributed by atoms with Crippen molar-refractivity contribution in [1.29, 1.82) is 0 Å². The minimum atomic E-state index is 0.123. The van der Waals surface area contributed by atoms with Crippen LogP contribution in [-0.2, 0) is 4.74 Å². The molecule has 1 aliphatic heterocycles. The van der Waals surface area contributed by atoms with Crippen molar-refractivity contribution >= 4 is 0 Å². The summed E-state index contributed by atoms with van der Waals surface area (Å²) in [5, 5.41) is 8.19. The van der Waals surface area contributed by atoms with Crippen LogP contribution in [0.1, 0.15) is 40.5 Å². The van der Waals surface area contributed by atoms with E-state index in [9.17, 15) is 0 Å². The second-order valence-corrected chi connectivity index (χ2v) is 4.48. The Labute approximate surface area is 94.4 Å². The second kappa shape index (κ2) is 9.13. The third-order valence-electron chi connectivity index (χ3n) is 2.41. The topological polar surface area (TPSA) is 32.7 Å². The van der Waals surface area contributed by atoms with E-state index >= 15 is 0 Å². The van der Waals surface area contributed by atoms with Crippen molar-refractivity contribution in [1.82, 2.24) is 4.90 Å². The Balaban J connectivity index is 0.000000265. The zero-order valence-corrected chi connectivity index (χ0v) is 10.7. The molecule has 0 saturated carbocycles. The van der Waals surface area contributed by atoms with E-state index < -0.39 is 0 Å². The Bertz CT molecular complexity index is 132. The van der Waals surface area contributed by atoms with Crippen LogP contribution in [0.3, 0.4) is 0 Å². The van der Waals surface area contributed by atoms with Gasteiger partial charge in [0.15, 0.2) is 0 Å². The van der Waals surface area contributed by atoms with Crippen molar-refractivity contribution < 1.29 is 9.84 Å². The average molecular weight is 217 g/mol. The van der Waals surface area contributed by atoms with Gasteiger partial charge in [0.1, 0.15) is 0 Å². The van der Waals surface area contributed by atoms with Gasteiger partial charge in [0.25, 0.3) is 0 Å². The minimum absolute atomic E-state index is 0.123. The highest BCUT2D eigenvalue weighted by Gasteiger charge is 2.13. The largest absolute Gasteiger partial charge is 0.394 e. The van der Waals surface area contributed by atoms with E-state index in [-0.39, 0.29) is 12.7 Å². The Morgan fingerprint density at radius 3 is 1.87 bits per heavy atom. The van der Waals surface area contributed by atoms with E-state index in [4.69, 9.17) is 9.84 Å². The van der Waals surface area contributed by atoms with E-state index in [0.717, 1.165) is 6.04 Å². The van der Waals surface area contributed by atoms with Gasteiger partial charge in [-0.25, -0.2) is 0 Å². The third kappa shape index (κ3) is 8.85.